The molecule has 2 rings (SSSR count). The maximum absolute atomic E-state index is 5.77. The Balaban J connectivity index is 2.58. The summed E-state index contributed by atoms with van der Waals surface area (Å²) in [5.74, 6) is 1.82. The summed E-state index contributed by atoms with van der Waals surface area (Å²) in [6.45, 7) is 0. The van der Waals surface area contributed by atoms with Crippen LogP contribution in [0.5, 0.6) is 11.5 Å². The van der Waals surface area contributed by atoms with Crippen molar-refractivity contribution < 1.29 is 9.47 Å². The van der Waals surface area contributed by atoms with Gasteiger partial charge < -0.3 is 15.2 Å². The van der Waals surface area contributed by atoms with Crippen molar-refractivity contribution in [3.63, 3.8) is 0 Å². The molecule has 0 radical (unpaired) electrons. The molecule has 0 bridgehead atoms. The number of methoxy groups -OCH3 is 2. The van der Waals surface area contributed by atoms with Gasteiger partial charge in [-0.1, -0.05) is 0 Å². The smallest absolute Gasteiger partial charge is 0.161 e. The number of aromatic nitrogens is 2. The van der Waals surface area contributed by atoms with Gasteiger partial charge >= 0.3 is 0 Å². The molecule has 0 atom stereocenters. The van der Waals surface area contributed by atoms with Crippen LogP contribution in [0.4, 0.5) is 5.82 Å². The lowest BCUT2D eigenvalue weighted by atomic mass is 10.1. The summed E-state index contributed by atoms with van der Waals surface area (Å²) >= 11 is 3.44. The predicted molar refractivity (Wildman–Crippen MR) is 73.9 cm³/mol. The Morgan fingerprint density at radius 3 is 2.39 bits per heavy atom. The summed E-state index contributed by atoms with van der Waals surface area (Å²) in [6.07, 6.45) is 0. The summed E-state index contributed by atoms with van der Waals surface area (Å²) in [4.78, 5) is 0. The van der Waals surface area contributed by atoms with Crippen molar-refractivity contribution in [3.05, 3.63) is 22.7 Å². The van der Waals surface area contributed by atoms with Crippen molar-refractivity contribution in [1.29, 1.82) is 0 Å². The molecule has 2 aromatic rings. The van der Waals surface area contributed by atoms with Gasteiger partial charge in [-0.3, -0.25) is 4.68 Å². The average Bonchev–Trinajstić information content (AvgIpc) is 2.62. The van der Waals surface area contributed by atoms with Crippen LogP contribution in [-0.4, -0.2) is 24.0 Å². The molecular weight excluding hydrogens is 298 g/mol. The second-order valence-electron chi connectivity index (χ2n) is 3.74. The largest absolute Gasteiger partial charge is 0.493 e. The van der Waals surface area contributed by atoms with Crippen molar-refractivity contribution >= 4 is 21.7 Å². The lowest BCUT2D eigenvalue weighted by molar-refractivity contribution is 0.355. The van der Waals surface area contributed by atoms with E-state index in [1.54, 1.807) is 18.9 Å². The zero-order chi connectivity index (χ0) is 13.3. The van der Waals surface area contributed by atoms with Gasteiger partial charge in [-0.15, -0.1) is 0 Å². The number of anilines is 1. The van der Waals surface area contributed by atoms with Gasteiger partial charge in [0.25, 0.3) is 0 Å². The van der Waals surface area contributed by atoms with Gasteiger partial charge in [0, 0.05) is 12.6 Å². The predicted octanol–water partition coefficient (Wildman–Crippen LogP) is 2.45. The molecule has 18 heavy (non-hydrogen) atoms. The molecule has 0 aliphatic rings. The fourth-order valence-electron chi connectivity index (χ4n) is 1.82. The summed E-state index contributed by atoms with van der Waals surface area (Å²) in [6, 6.07) is 5.67. The number of nitrogens with zero attached hydrogens (tertiary/aromatic N) is 2. The fraction of sp³-hybridized carbons (Fsp3) is 0.250. The number of nitrogens with two attached hydrogens (primary N) is 1. The molecule has 5 nitrogen and oxygen atoms in total. The van der Waals surface area contributed by atoms with Crippen LogP contribution < -0.4 is 15.2 Å². The molecule has 0 unspecified atom stereocenters. The highest BCUT2D eigenvalue weighted by Gasteiger charge is 2.15. The molecule has 96 valence electrons. The van der Waals surface area contributed by atoms with E-state index < -0.39 is 0 Å². The second kappa shape index (κ2) is 4.89. The van der Waals surface area contributed by atoms with Crippen molar-refractivity contribution in [2.75, 3.05) is 20.0 Å². The van der Waals surface area contributed by atoms with Crippen LogP contribution >= 0.6 is 15.9 Å². The van der Waals surface area contributed by atoms with E-state index in [1.807, 2.05) is 25.2 Å². The molecule has 0 fully saturated rings. The number of halogens is 1. The molecule has 0 aliphatic heterocycles. The van der Waals surface area contributed by atoms with Gasteiger partial charge in [0.15, 0.2) is 17.3 Å². The summed E-state index contributed by atoms with van der Waals surface area (Å²) in [7, 11) is 5.05. The molecule has 1 heterocycles. The quantitative estimate of drug-likeness (QED) is 0.945. The van der Waals surface area contributed by atoms with E-state index in [0.717, 1.165) is 15.7 Å². The van der Waals surface area contributed by atoms with E-state index in [9.17, 15) is 0 Å². The third-order valence-corrected chi connectivity index (χ3v) is 3.45. The summed E-state index contributed by atoms with van der Waals surface area (Å²) in [5, 5.41) is 4.16. The number of rotatable bonds is 3. The third kappa shape index (κ3) is 2.03. The van der Waals surface area contributed by atoms with Crippen LogP contribution in [0.2, 0.25) is 0 Å². The van der Waals surface area contributed by atoms with Gasteiger partial charge in [-0.2, -0.15) is 5.10 Å². The Morgan fingerprint density at radius 2 is 1.89 bits per heavy atom. The Bertz CT molecular complexity index is 581. The molecule has 0 spiro atoms. The van der Waals surface area contributed by atoms with Crippen LogP contribution in [0.25, 0.3) is 11.3 Å². The monoisotopic (exact) mass is 311 g/mol. The minimum atomic E-state index is 0.460. The van der Waals surface area contributed by atoms with Crippen molar-refractivity contribution in [2.45, 2.75) is 0 Å². The second-order valence-corrected chi connectivity index (χ2v) is 4.53. The van der Waals surface area contributed by atoms with E-state index >= 15 is 0 Å². The normalized spacial score (nSPS) is 10.4. The minimum Gasteiger partial charge on any atom is -0.493 e. The van der Waals surface area contributed by atoms with Crippen molar-refractivity contribution in [1.82, 2.24) is 9.78 Å². The summed E-state index contributed by atoms with van der Waals surface area (Å²) in [5.41, 5.74) is 7.62. The molecule has 1 aromatic carbocycles. The number of nitrogen functional groups attached to an aromatic ring is 1. The molecule has 6 heteroatoms. The van der Waals surface area contributed by atoms with E-state index in [1.165, 1.54) is 0 Å². The number of ether oxygens (including phenoxy) is 2. The zero-order valence-corrected chi connectivity index (χ0v) is 12.0. The molecule has 0 saturated carbocycles. The van der Waals surface area contributed by atoms with Crippen LogP contribution in [0.1, 0.15) is 0 Å². The topological polar surface area (TPSA) is 62.3 Å². The number of hydrogen-bond acceptors (Lipinski definition) is 4. The number of benzene rings is 1. The first-order valence-corrected chi connectivity index (χ1v) is 6.08. The first kappa shape index (κ1) is 12.8. The molecule has 0 amide bonds. The Kier molecular flexibility index (Phi) is 3.47. The van der Waals surface area contributed by atoms with Gasteiger partial charge in [0.2, 0.25) is 0 Å². The Hall–Kier alpha value is -1.69. The number of hydrogen-bond donors (Lipinski definition) is 1. The standard InChI is InChI=1S/C12H14BrN3O2/c1-16-11(10(13)12(14)15-16)7-4-5-8(17-2)9(6-7)18-3/h4-6H,1-3H3,(H2,14,15). The van der Waals surface area contributed by atoms with Gasteiger partial charge in [-0.25, -0.2) is 0 Å². The summed E-state index contributed by atoms with van der Waals surface area (Å²) < 4.78 is 13.0. The van der Waals surface area contributed by atoms with Crippen molar-refractivity contribution in [3.8, 4) is 22.8 Å². The van der Waals surface area contributed by atoms with Gasteiger partial charge in [0.05, 0.1) is 24.4 Å². The molecular formula is C12H14BrN3O2. The first-order chi connectivity index (χ1) is 8.58. The van der Waals surface area contributed by atoms with E-state index in [0.29, 0.717) is 17.3 Å². The molecule has 0 aliphatic carbocycles. The fourth-order valence-corrected chi connectivity index (χ4v) is 2.38. The van der Waals surface area contributed by atoms with E-state index in [2.05, 4.69) is 21.0 Å². The van der Waals surface area contributed by atoms with Crippen LogP contribution in [-0.2, 0) is 7.05 Å². The van der Waals surface area contributed by atoms with E-state index in [-0.39, 0.29) is 0 Å². The maximum Gasteiger partial charge on any atom is 0.161 e. The van der Waals surface area contributed by atoms with Crippen molar-refractivity contribution in [2.24, 2.45) is 7.05 Å². The molecule has 0 saturated heterocycles. The van der Waals surface area contributed by atoms with Gasteiger partial charge in [-0.05, 0) is 34.1 Å². The molecule has 1 aromatic heterocycles. The lowest BCUT2D eigenvalue weighted by Gasteiger charge is -2.10. The highest BCUT2D eigenvalue weighted by atomic mass is 79.9. The third-order valence-electron chi connectivity index (χ3n) is 2.67. The highest BCUT2D eigenvalue weighted by molar-refractivity contribution is 9.10. The minimum absolute atomic E-state index is 0.460. The van der Waals surface area contributed by atoms with Gasteiger partial charge in [0.1, 0.15) is 0 Å². The number of aryl methyl sites for hydroxylation is 1. The van der Waals surface area contributed by atoms with Crippen LogP contribution in [0.15, 0.2) is 22.7 Å². The van der Waals surface area contributed by atoms with Crippen LogP contribution in [0, 0.1) is 0 Å². The maximum atomic E-state index is 5.77. The Labute approximate surface area is 114 Å². The first-order valence-electron chi connectivity index (χ1n) is 5.28. The van der Waals surface area contributed by atoms with E-state index in [4.69, 9.17) is 15.2 Å². The lowest BCUT2D eigenvalue weighted by Crippen LogP contribution is -1.96. The highest BCUT2D eigenvalue weighted by Crippen LogP contribution is 2.36. The zero-order valence-electron chi connectivity index (χ0n) is 10.4. The SMILES string of the molecule is COc1ccc(-c2c(Br)c(N)nn2C)cc1OC. The Morgan fingerprint density at radius 1 is 1.22 bits per heavy atom. The average molecular weight is 312 g/mol. The van der Waals surface area contributed by atoms with Crippen LogP contribution in [0.3, 0.4) is 0 Å². The molecule has 2 N–H and O–H groups in total.